The van der Waals surface area contributed by atoms with Gasteiger partial charge in [-0.3, -0.25) is 0 Å². The van der Waals surface area contributed by atoms with E-state index in [-0.39, 0.29) is 10.8 Å². The molecule has 0 radical (unpaired) electrons. The van der Waals surface area contributed by atoms with Crippen molar-refractivity contribution in [1.82, 2.24) is 4.57 Å². The van der Waals surface area contributed by atoms with Crippen LogP contribution in [0.15, 0.2) is 176 Å². The van der Waals surface area contributed by atoms with Gasteiger partial charge in [0.1, 0.15) is 0 Å². The zero-order valence-corrected chi connectivity index (χ0v) is 31.7. The maximum atomic E-state index is 2.48. The first kappa shape index (κ1) is 32.0. The Bertz CT molecular complexity index is 3010. The highest BCUT2D eigenvalue weighted by Crippen LogP contribution is 2.55. The third-order valence-corrected chi connectivity index (χ3v) is 12.8. The van der Waals surface area contributed by atoms with Crippen LogP contribution in [0.3, 0.4) is 0 Å². The largest absolute Gasteiger partial charge is 0.309 e. The summed E-state index contributed by atoms with van der Waals surface area (Å²) in [4.78, 5) is 0. The fourth-order valence-corrected chi connectivity index (χ4v) is 10.1. The fourth-order valence-electron chi connectivity index (χ4n) is 10.1. The van der Waals surface area contributed by atoms with E-state index in [1.165, 1.54) is 105 Å². The molecular formula is C54H41N. The summed E-state index contributed by atoms with van der Waals surface area (Å²) < 4.78 is 2.48. The lowest BCUT2D eigenvalue weighted by atomic mass is 9.78. The van der Waals surface area contributed by atoms with Crippen molar-refractivity contribution >= 4 is 21.8 Å². The maximum Gasteiger partial charge on any atom is 0.0619 e. The molecular weight excluding hydrogens is 663 g/mol. The highest BCUT2D eigenvalue weighted by Gasteiger charge is 2.39. The predicted octanol–water partition coefficient (Wildman–Crippen LogP) is 14.4. The summed E-state index contributed by atoms with van der Waals surface area (Å²) in [5, 5.41) is 2.54. The average Bonchev–Trinajstić information content (AvgIpc) is 3.78. The lowest BCUT2D eigenvalue weighted by Crippen LogP contribution is -2.16. The molecule has 2 aliphatic carbocycles. The lowest BCUT2D eigenvalue weighted by Gasteiger charge is -2.25. The molecule has 1 heterocycles. The zero-order valence-electron chi connectivity index (χ0n) is 31.7. The van der Waals surface area contributed by atoms with Gasteiger partial charge in [-0.15, -0.1) is 0 Å². The first-order valence-corrected chi connectivity index (χ1v) is 19.5. The van der Waals surface area contributed by atoms with Crippen LogP contribution >= 0.6 is 0 Å². The van der Waals surface area contributed by atoms with Crippen LogP contribution in [0.2, 0.25) is 0 Å². The van der Waals surface area contributed by atoms with Crippen LogP contribution < -0.4 is 0 Å². The van der Waals surface area contributed by atoms with Gasteiger partial charge in [-0.05, 0) is 103 Å². The minimum Gasteiger partial charge on any atom is -0.309 e. The highest BCUT2D eigenvalue weighted by molar-refractivity contribution is 6.14. The van der Waals surface area contributed by atoms with Crippen molar-refractivity contribution in [2.45, 2.75) is 38.5 Å². The molecule has 0 atom stereocenters. The van der Waals surface area contributed by atoms with Gasteiger partial charge in [0.15, 0.2) is 0 Å². The number of para-hydroxylation sites is 2. The quantitative estimate of drug-likeness (QED) is 0.172. The van der Waals surface area contributed by atoms with Gasteiger partial charge in [-0.2, -0.15) is 0 Å². The molecule has 0 saturated carbocycles. The molecule has 0 fully saturated rings. The van der Waals surface area contributed by atoms with Crippen molar-refractivity contribution < 1.29 is 0 Å². The third kappa shape index (κ3) is 4.53. The summed E-state index contributed by atoms with van der Waals surface area (Å²) >= 11 is 0. The molecule has 55 heavy (non-hydrogen) atoms. The molecule has 262 valence electrons. The number of hydrogen-bond donors (Lipinski definition) is 0. The van der Waals surface area contributed by atoms with Crippen LogP contribution in [0.4, 0.5) is 0 Å². The molecule has 0 N–H and O–H groups in total. The van der Waals surface area contributed by atoms with Gasteiger partial charge >= 0.3 is 0 Å². The van der Waals surface area contributed by atoms with Crippen LogP contribution in [0.5, 0.6) is 0 Å². The van der Waals surface area contributed by atoms with E-state index in [0.29, 0.717) is 0 Å². The van der Waals surface area contributed by atoms with Crippen LogP contribution in [-0.2, 0) is 10.8 Å². The van der Waals surface area contributed by atoms with Crippen molar-refractivity contribution in [2.24, 2.45) is 0 Å². The normalized spacial score (nSPS) is 14.5. The van der Waals surface area contributed by atoms with E-state index < -0.39 is 0 Å². The van der Waals surface area contributed by atoms with E-state index in [4.69, 9.17) is 0 Å². The van der Waals surface area contributed by atoms with Gasteiger partial charge in [0.25, 0.3) is 0 Å². The Hall–Kier alpha value is -6.44. The second-order valence-corrected chi connectivity index (χ2v) is 16.5. The SMILES string of the molecule is CC1(C)c2ccccc2-c2cc(-c3ccc4c(c3)-c3cccc(-c5cccc6c7ccccc7n(-c7ccc(-c8ccccc8)cc7)c56)c3C4(C)C)ccc21. The molecule has 0 saturated heterocycles. The standard InChI is InChI=1S/C54H41N/c1-53(2)47-22-10-8-16-39(47)45-32-36(26-30-48(45)53)37-27-31-49-46(33-37)42-19-12-18-41(51(42)54(49,3)4)44-21-13-20-43-40-17-9-11-23-50(40)55(52(43)44)38-28-24-35(25-29-38)34-14-6-5-7-15-34/h5-33H,1-4H3. The summed E-state index contributed by atoms with van der Waals surface area (Å²) in [5.41, 5.74) is 22.0. The Kier molecular flexibility index (Phi) is 6.72. The number of rotatable bonds is 4. The summed E-state index contributed by atoms with van der Waals surface area (Å²) in [6.07, 6.45) is 0. The van der Waals surface area contributed by atoms with Crippen LogP contribution in [0, 0.1) is 0 Å². The summed E-state index contributed by atoms with van der Waals surface area (Å²) in [6, 6.07) is 65.6. The van der Waals surface area contributed by atoms with E-state index in [9.17, 15) is 0 Å². The van der Waals surface area contributed by atoms with Crippen LogP contribution in [-0.4, -0.2) is 4.57 Å². The topological polar surface area (TPSA) is 4.93 Å². The monoisotopic (exact) mass is 703 g/mol. The molecule has 0 aliphatic heterocycles. The molecule has 2 aliphatic rings. The van der Waals surface area contributed by atoms with Crippen molar-refractivity contribution in [3.05, 3.63) is 198 Å². The molecule has 11 rings (SSSR count). The van der Waals surface area contributed by atoms with Gasteiger partial charge in [-0.25, -0.2) is 0 Å². The zero-order chi connectivity index (χ0) is 37.1. The molecule has 8 aromatic carbocycles. The van der Waals surface area contributed by atoms with Crippen LogP contribution in [0.25, 0.3) is 83.1 Å². The predicted molar refractivity (Wildman–Crippen MR) is 232 cm³/mol. The molecule has 1 aromatic heterocycles. The first-order chi connectivity index (χ1) is 26.8. The Morgan fingerprint density at radius 2 is 0.855 bits per heavy atom. The molecule has 9 aromatic rings. The van der Waals surface area contributed by atoms with Crippen molar-refractivity contribution in [2.75, 3.05) is 0 Å². The third-order valence-electron chi connectivity index (χ3n) is 12.8. The first-order valence-electron chi connectivity index (χ1n) is 19.5. The summed E-state index contributed by atoms with van der Waals surface area (Å²) in [7, 11) is 0. The summed E-state index contributed by atoms with van der Waals surface area (Å²) in [5.74, 6) is 0. The number of fused-ring (bicyclic) bond motifs is 9. The average molecular weight is 704 g/mol. The van der Waals surface area contributed by atoms with Gasteiger partial charge in [-0.1, -0.05) is 173 Å². The minimum atomic E-state index is -0.184. The van der Waals surface area contributed by atoms with Crippen molar-refractivity contribution in [3.8, 4) is 61.3 Å². The lowest BCUT2D eigenvalue weighted by molar-refractivity contribution is 0.660. The smallest absolute Gasteiger partial charge is 0.0619 e. The van der Waals surface area contributed by atoms with Crippen molar-refractivity contribution in [3.63, 3.8) is 0 Å². The maximum absolute atomic E-state index is 2.48. The van der Waals surface area contributed by atoms with Gasteiger partial charge < -0.3 is 4.57 Å². The number of aromatic nitrogens is 1. The fraction of sp³-hybridized carbons (Fsp3) is 0.111. The molecule has 0 bridgehead atoms. The molecule has 0 amide bonds. The number of benzene rings is 8. The van der Waals surface area contributed by atoms with E-state index in [1.54, 1.807) is 0 Å². The number of nitrogens with zero attached hydrogens (tertiary/aromatic N) is 1. The van der Waals surface area contributed by atoms with E-state index in [0.717, 1.165) is 0 Å². The molecule has 0 unspecified atom stereocenters. The Morgan fingerprint density at radius 1 is 0.345 bits per heavy atom. The molecule has 1 nitrogen and oxygen atoms in total. The summed E-state index contributed by atoms with van der Waals surface area (Å²) in [6.45, 7) is 9.52. The van der Waals surface area contributed by atoms with Crippen LogP contribution in [0.1, 0.15) is 49.9 Å². The number of hydrogen-bond acceptors (Lipinski definition) is 0. The minimum absolute atomic E-state index is 0.00192. The second-order valence-electron chi connectivity index (χ2n) is 16.5. The van der Waals surface area contributed by atoms with Gasteiger partial charge in [0.05, 0.1) is 11.0 Å². The van der Waals surface area contributed by atoms with Gasteiger partial charge in [0.2, 0.25) is 0 Å². The Balaban J connectivity index is 1.08. The Morgan fingerprint density at radius 3 is 1.62 bits per heavy atom. The van der Waals surface area contributed by atoms with E-state index in [1.807, 2.05) is 0 Å². The Labute approximate surface area is 323 Å². The highest BCUT2D eigenvalue weighted by atomic mass is 15.0. The van der Waals surface area contributed by atoms with Gasteiger partial charge in [0, 0.05) is 32.9 Å². The second kappa shape index (κ2) is 11.5. The molecule has 0 spiro atoms. The molecule has 1 heteroatoms. The van der Waals surface area contributed by atoms with E-state index >= 15 is 0 Å². The van der Waals surface area contributed by atoms with Crippen molar-refractivity contribution in [1.29, 1.82) is 0 Å². The van der Waals surface area contributed by atoms with E-state index in [2.05, 4.69) is 208 Å².